The highest BCUT2D eigenvalue weighted by Gasteiger charge is 2.71. The molecule has 0 bridgehead atoms. The van der Waals surface area contributed by atoms with Crippen molar-refractivity contribution in [3.05, 3.63) is 44.5 Å². The van der Waals surface area contributed by atoms with Gasteiger partial charge >= 0.3 is 6.17 Å². The molecule has 14 heavy (non-hydrogen) atoms. The van der Waals surface area contributed by atoms with E-state index in [-0.39, 0.29) is 5.25 Å². The predicted octanol–water partition coefficient (Wildman–Crippen LogP) is 0.846. The van der Waals surface area contributed by atoms with Crippen LogP contribution in [0.25, 0.3) is 0 Å². The Morgan fingerprint density at radius 2 is 1.93 bits per heavy atom. The molecule has 2 unspecified atom stereocenters. The van der Waals surface area contributed by atoms with Crippen LogP contribution in [-0.4, -0.2) is 26.0 Å². The lowest BCUT2D eigenvalue weighted by Gasteiger charge is -2.09. The molecule has 0 N–H and O–H groups in total. The number of nitro groups is 2. The molecule has 7 heteroatoms. The highest BCUT2D eigenvalue weighted by atomic mass is 32.2. The van der Waals surface area contributed by atoms with E-state index in [0.717, 1.165) is 0 Å². The van der Waals surface area contributed by atoms with Gasteiger partial charge in [0, 0.05) is 0 Å². The number of allylic oxidation sites excluding steroid dienone is 2. The van der Waals surface area contributed by atoms with Crippen molar-refractivity contribution in [3.8, 4) is 0 Å². The molecule has 1 fully saturated rings. The van der Waals surface area contributed by atoms with Crippen molar-refractivity contribution in [1.82, 2.24) is 0 Å². The third-order valence-electron chi connectivity index (χ3n) is 2.28. The van der Waals surface area contributed by atoms with Crippen molar-refractivity contribution in [1.29, 1.82) is 0 Å². The summed E-state index contributed by atoms with van der Waals surface area (Å²) in [5.41, 5.74) is 0. The molecule has 1 heterocycles. The quantitative estimate of drug-likeness (QED) is 0.301. The van der Waals surface area contributed by atoms with Crippen molar-refractivity contribution >= 4 is 11.8 Å². The summed E-state index contributed by atoms with van der Waals surface area (Å²) in [5, 5.41) is 21.0. The summed E-state index contributed by atoms with van der Waals surface area (Å²) in [5.74, 6) is 0. The summed E-state index contributed by atoms with van der Waals surface area (Å²) in [7, 11) is 0. The average Bonchev–Trinajstić information content (AvgIpc) is 2.76. The lowest BCUT2D eigenvalue weighted by molar-refractivity contribution is -0.743. The van der Waals surface area contributed by atoms with E-state index in [1.54, 1.807) is 24.3 Å². The smallest absolute Gasteiger partial charge is 0.258 e. The van der Waals surface area contributed by atoms with Gasteiger partial charge in [-0.05, 0) is 0 Å². The average molecular weight is 214 g/mol. The highest BCUT2D eigenvalue weighted by Crippen LogP contribution is 2.59. The van der Waals surface area contributed by atoms with Crippen LogP contribution in [0.2, 0.25) is 0 Å². The highest BCUT2D eigenvalue weighted by molar-refractivity contribution is 8.09. The molecule has 2 rings (SSSR count). The number of thioether (sulfide) groups is 1. The van der Waals surface area contributed by atoms with E-state index in [4.69, 9.17) is 0 Å². The SMILES string of the molecule is O=[N+]([O-])C([N+](=O)[O-])C12C=CC=CC1S2. The molecule has 0 amide bonds. The van der Waals surface area contributed by atoms with Crippen LogP contribution in [0.3, 0.4) is 0 Å². The van der Waals surface area contributed by atoms with E-state index >= 15 is 0 Å². The summed E-state index contributed by atoms with van der Waals surface area (Å²) in [6.45, 7) is 0. The van der Waals surface area contributed by atoms with Gasteiger partial charge in [0.05, 0.1) is 15.1 Å². The first-order valence-electron chi connectivity index (χ1n) is 3.89. The molecule has 1 aliphatic heterocycles. The zero-order valence-electron chi connectivity index (χ0n) is 6.90. The van der Waals surface area contributed by atoms with Crippen molar-refractivity contribution in [2.24, 2.45) is 0 Å². The molecule has 6 nitrogen and oxygen atoms in total. The number of rotatable bonds is 3. The summed E-state index contributed by atoms with van der Waals surface area (Å²) in [6, 6.07) is 0. The molecule has 0 aromatic carbocycles. The van der Waals surface area contributed by atoms with Gasteiger partial charge in [-0.2, -0.15) is 0 Å². The van der Waals surface area contributed by atoms with Crippen LogP contribution in [-0.2, 0) is 0 Å². The van der Waals surface area contributed by atoms with Gasteiger partial charge in [0.15, 0.2) is 4.75 Å². The van der Waals surface area contributed by atoms with Crippen LogP contribution in [0.1, 0.15) is 0 Å². The standard InChI is InChI=1S/C7H6N2O4S/c10-8(11)6(9(12)13)7-4-2-1-3-5(7)14-7/h1-6H. The second kappa shape index (κ2) is 2.81. The van der Waals surface area contributed by atoms with Gasteiger partial charge in [0.25, 0.3) is 0 Å². The lowest BCUT2D eigenvalue weighted by atomic mass is 9.98. The molecule has 0 aromatic rings. The second-order valence-corrected chi connectivity index (χ2v) is 4.53. The third-order valence-corrected chi connectivity index (χ3v) is 3.83. The molecule has 2 atom stereocenters. The molecule has 0 aromatic heterocycles. The van der Waals surface area contributed by atoms with Crippen LogP contribution in [0.15, 0.2) is 24.3 Å². The van der Waals surface area contributed by atoms with Gasteiger partial charge < -0.3 is 0 Å². The zero-order valence-corrected chi connectivity index (χ0v) is 7.72. The number of hydrogen-bond donors (Lipinski definition) is 0. The zero-order chi connectivity index (χ0) is 10.3. The van der Waals surface area contributed by atoms with E-state index in [1.165, 1.54) is 11.8 Å². The first-order chi connectivity index (χ1) is 6.58. The van der Waals surface area contributed by atoms with E-state index < -0.39 is 20.8 Å². The van der Waals surface area contributed by atoms with Crippen LogP contribution in [0.5, 0.6) is 0 Å². The van der Waals surface area contributed by atoms with E-state index in [9.17, 15) is 20.2 Å². The summed E-state index contributed by atoms with van der Waals surface area (Å²) in [4.78, 5) is 19.5. The molecule has 0 spiro atoms. The second-order valence-electron chi connectivity index (χ2n) is 3.08. The monoisotopic (exact) mass is 214 g/mol. The number of nitrogens with zero attached hydrogens (tertiary/aromatic N) is 2. The minimum absolute atomic E-state index is 0.117. The fourth-order valence-corrected chi connectivity index (χ4v) is 2.85. The third kappa shape index (κ3) is 1.12. The van der Waals surface area contributed by atoms with Gasteiger partial charge in [-0.1, -0.05) is 24.3 Å². The fourth-order valence-electron chi connectivity index (χ4n) is 1.58. The van der Waals surface area contributed by atoms with Crippen molar-refractivity contribution in [2.45, 2.75) is 16.2 Å². The Morgan fingerprint density at radius 1 is 1.29 bits per heavy atom. The first kappa shape index (κ1) is 9.20. The fraction of sp³-hybridized carbons (Fsp3) is 0.429. The first-order valence-corrected chi connectivity index (χ1v) is 4.77. The van der Waals surface area contributed by atoms with Gasteiger partial charge in [-0.25, -0.2) is 0 Å². The molecule has 1 aliphatic carbocycles. The van der Waals surface area contributed by atoms with E-state index in [0.29, 0.717) is 0 Å². The molecule has 2 aliphatic rings. The maximum Gasteiger partial charge on any atom is 0.469 e. The normalized spacial score (nSPS) is 32.8. The molecule has 0 saturated carbocycles. The maximum atomic E-state index is 10.6. The largest absolute Gasteiger partial charge is 0.469 e. The Hall–Kier alpha value is -1.37. The van der Waals surface area contributed by atoms with Crippen LogP contribution < -0.4 is 0 Å². The minimum atomic E-state index is -1.74. The van der Waals surface area contributed by atoms with Gasteiger partial charge in [-0.3, -0.25) is 20.2 Å². The Balaban J connectivity index is 2.30. The number of fused-ring (bicyclic) bond motifs is 1. The summed E-state index contributed by atoms with van der Waals surface area (Å²) >= 11 is 1.25. The van der Waals surface area contributed by atoms with Crippen LogP contribution >= 0.6 is 11.8 Å². The Bertz CT molecular complexity index is 353. The van der Waals surface area contributed by atoms with Crippen LogP contribution in [0, 0.1) is 20.2 Å². The minimum Gasteiger partial charge on any atom is -0.258 e. The molecule has 1 saturated heterocycles. The molecule has 0 radical (unpaired) electrons. The summed E-state index contributed by atoms with van der Waals surface area (Å²) < 4.78 is -0.943. The van der Waals surface area contributed by atoms with Gasteiger partial charge in [0.2, 0.25) is 0 Å². The van der Waals surface area contributed by atoms with Gasteiger partial charge in [-0.15, -0.1) is 11.8 Å². The van der Waals surface area contributed by atoms with E-state index in [1.807, 2.05) is 0 Å². The Morgan fingerprint density at radius 3 is 2.43 bits per heavy atom. The molecule has 74 valence electrons. The topological polar surface area (TPSA) is 86.3 Å². The van der Waals surface area contributed by atoms with Crippen molar-refractivity contribution < 1.29 is 9.85 Å². The molecular weight excluding hydrogens is 208 g/mol. The maximum absolute atomic E-state index is 10.6. The molecular formula is C7H6N2O4S. The van der Waals surface area contributed by atoms with Crippen molar-refractivity contribution in [2.75, 3.05) is 0 Å². The number of hydrogen-bond acceptors (Lipinski definition) is 5. The summed E-state index contributed by atoms with van der Waals surface area (Å²) in [6.07, 6.45) is 4.94. The Kier molecular flexibility index (Phi) is 1.84. The van der Waals surface area contributed by atoms with Gasteiger partial charge in [0.1, 0.15) is 0 Å². The predicted molar refractivity (Wildman–Crippen MR) is 50.2 cm³/mol. The van der Waals surface area contributed by atoms with E-state index in [2.05, 4.69) is 0 Å². The lowest BCUT2D eigenvalue weighted by Crippen LogP contribution is -2.43. The Labute approximate surface area is 83.0 Å². The van der Waals surface area contributed by atoms with Crippen LogP contribution in [0.4, 0.5) is 0 Å². The van der Waals surface area contributed by atoms with Crippen molar-refractivity contribution in [3.63, 3.8) is 0 Å².